The molecule has 2 rings (SSSR count). The van der Waals surface area contributed by atoms with Gasteiger partial charge in [0.2, 0.25) is 0 Å². The Labute approximate surface area is 99.5 Å². The molecule has 1 heteroatoms. The average Bonchev–Trinajstić information content (AvgIpc) is 2.38. The van der Waals surface area contributed by atoms with E-state index in [0.717, 1.165) is 12.8 Å². The Morgan fingerprint density at radius 2 is 1.75 bits per heavy atom. The zero-order chi connectivity index (χ0) is 11.4. The van der Waals surface area contributed by atoms with Crippen LogP contribution in [0.1, 0.15) is 44.2 Å². The summed E-state index contributed by atoms with van der Waals surface area (Å²) in [6, 6.07) is 6.82. The van der Waals surface area contributed by atoms with Gasteiger partial charge in [0.15, 0.2) is 0 Å². The van der Waals surface area contributed by atoms with Crippen molar-refractivity contribution < 1.29 is 0 Å². The Morgan fingerprint density at radius 3 is 2.38 bits per heavy atom. The molecule has 16 heavy (non-hydrogen) atoms. The molecule has 0 saturated carbocycles. The molecule has 1 heterocycles. The maximum Gasteiger partial charge on any atom is 0.0401 e. The van der Waals surface area contributed by atoms with Crippen molar-refractivity contribution >= 4 is 5.69 Å². The number of aryl methyl sites for hydroxylation is 1. The largest absolute Gasteiger partial charge is 0.371 e. The monoisotopic (exact) mass is 217 g/mol. The van der Waals surface area contributed by atoms with Crippen LogP contribution < -0.4 is 4.90 Å². The first-order valence-corrected chi connectivity index (χ1v) is 6.72. The second-order valence-electron chi connectivity index (χ2n) is 4.67. The van der Waals surface area contributed by atoms with E-state index in [1.54, 1.807) is 5.56 Å². The van der Waals surface area contributed by atoms with Crippen molar-refractivity contribution in [1.82, 2.24) is 0 Å². The molecule has 0 atom stereocenters. The zero-order valence-electron chi connectivity index (χ0n) is 10.6. The van der Waals surface area contributed by atoms with Crippen molar-refractivity contribution in [2.75, 3.05) is 18.0 Å². The van der Waals surface area contributed by atoms with Gasteiger partial charge in [0.1, 0.15) is 0 Å². The SMILES string of the molecule is CCc1cccc(N2CCCCC2)c1CC. The van der Waals surface area contributed by atoms with E-state index in [1.807, 2.05) is 0 Å². The average molecular weight is 217 g/mol. The molecular formula is C15H23N. The predicted octanol–water partition coefficient (Wildman–Crippen LogP) is 3.80. The molecule has 0 amide bonds. The third kappa shape index (κ3) is 2.23. The smallest absolute Gasteiger partial charge is 0.0401 e. The molecule has 0 N–H and O–H groups in total. The van der Waals surface area contributed by atoms with Crippen molar-refractivity contribution in [2.45, 2.75) is 46.0 Å². The first kappa shape index (κ1) is 11.5. The summed E-state index contributed by atoms with van der Waals surface area (Å²) in [6.45, 7) is 7.04. The topological polar surface area (TPSA) is 3.24 Å². The van der Waals surface area contributed by atoms with Crippen molar-refractivity contribution in [3.63, 3.8) is 0 Å². The summed E-state index contributed by atoms with van der Waals surface area (Å²) in [5, 5.41) is 0. The molecule has 0 radical (unpaired) electrons. The van der Waals surface area contributed by atoms with E-state index in [0.29, 0.717) is 0 Å². The molecular weight excluding hydrogens is 194 g/mol. The van der Waals surface area contributed by atoms with Crippen molar-refractivity contribution in [3.05, 3.63) is 29.3 Å². The number of anilines is 1. The fraction of sp³-hybridized carbons (Fsp3) is 0.600. The van der Waals surface area contributed by atoms with Crippen molar-refractivity contribution in [2.24, 2.45) is 0 Å². The number of rotatable bonds is 3. The van der Waals surface area contributed by atoms with Crippen LogP contribution >= 0.6 is 0 Å². The summed E-state index contributed by atoms with van der Waals surface area (Å²) in [5.41, 5.74) is 4.61. The molecule has 0 bridgehead atoms. The minimum atomic E-state index is 1.16. The van der Waals surface area contributed by atoms with Crippen LogP contribution in [0.3, 0.4) is 0 Å². The maximum atomic E-state index is 2.58. The Hall–Kier alpha value is -0.980. The van der Waals surface area contributed by atoms with Crippen LogP contribution in [0, 0.1) is 0 Å². The summed E-state index contributed by atoms with van der Waals surface area (Å²) in [6.07, 6.45) is 6.45. The van der Waals surface area contributed by atoms with Gasteiger partial charge in [0, 0.05) is 18.8 Å². The summed E-state index contributed by atoms with van der Waals surface area (Å²) in [7, 11) is 0. The Balaban J connectivity index is 2.30. The van der Waals surface area contributed by atoms with Crippen molar-refractivity contribution in [1.29, 1.82) is 0 Å². The quantitative estimate of drug-likeness (QED) is 0.744. The normalized spacial score (nSPS) is 16.5. The van der Waals surface area contributed by atoms with Gasteiger partial charge in [-0.2, -0.15) is 0 Å². The standard InChI is InChI=1S/C15H23N/c1-3-13-9-8-10-15(14(13)4-2)16-11-6-5-7-12-16/h8-10H,3-7,11-12H2,1-2H3. The molecule has 1 fully saturated rings. The van der Waals surface area contributed by atoms with Crippen LogP contribution in [-0.4, -0.2) is 13.1 Å². The lowest BCUT2D eigenvalue weighted by Gasteiger charge is -2.31. The first-order valence-electron chi connectivity index (χ1n) is 6.72. The van der Waals surface area contributed by atoms with Crippen LogP contribution in [0.2, 0.25) is 0 Å². The van der Waals surface area contributed by atoms with E-state index in [9.17, 15) is 0 Å². The molecule has 1 saturated heterocycles. The molecule has 0 unspecified atom stereocenters. The van der Waals surface area contributed by atoms with Gasteiger partial charge in [-0.1, -0.05) is 26.0 Å². The number of benzene rings is 1. The van der Waals surface area contributed by atoms with Crippen LogP contribution in [0.5, 0.6) is 0 Å². The number of hydrogen-bond acceptors (Lipinski definition) is 1. The lowest BCUT2D eigenvalue weighted by molar-refractivity contribution is 0.576. The van der Waals surface area contributed by atoms with E-state index in [4.69, 9.17) is 0 Å². The lowest BCUT2D eigenvalue weighted by Crippen LogP contribution is -2.30. The van der Waals surface area contributed by atoms with Gasteiger partial charge in [-0.15, -0.1) is 0 Å². The van der Waals surface area contributed by atoms with E-state index >= 15 is 0 Å². The Kier molecular flexibility index (Phi) is 3.87. The van der Waals surface area contributed by atoms with Crippen LogP contribution in [0.15, 0.2) is 18.2 Å². The highest BCUT2D eigenvalue weighted by atomic mass is 15.1. The van der Waals surface area contributed by atoms with Crippen molar-refractivity contribution in [3.8, 4) is 0 Å². The van der Waals surface area contributed by atoms with Crippen LogP contribution in [0.4, 0.5) is 5.69 Å². The fourth-order valence-electron chi connectivity index (χ4n) is 2.79. The van der Waals surface area contributed by atoms with Gasteiger partial charge in [0.25, 0.3) is 0 Å². The van der Waals surface area contributed by atoms with Gasteiger partial charge in [0.05, 0.1) is 0 Å². The molecule has 0 aromatic heterocycles. The minimum Gasteiger partial charge on any atom is -0.371 e. The van der Waals surface area contributed by atoms with Gasteiger partial charge < -0.3 is 4.90 Å². The zero-order valence-corrected chi connectivity index (χ0v) is 10.6. The Bertz CT molecular complexity index is 337. The molecule has 0 spiro atoms. The number of nitrogens with zero attached hydrogens (tertiary/aromatic N) is 1. The number of piperidine rings is 1. The van der Waals surface area contributed by atoms with Crippen LogP contribution in [0.25, 0.3) is 0 Å². The minimum absolute atomic E-state index is 1.16. The third-order valence-electron chi connectivity index (χ3n) is 3.68. The van der Waals surface area contributed by atoms with Gasteiger partial charge in [-0.05, 0) is 49.3 Å². The van der Waals surface area contributed by atoms with E-state index in [1.165, 1.54) is 43.6 Å². The lowest BCUT2D eigenvalue weighted by atomic mass is 9.99. The van der Waals surface area contributed by atoms with Gasteiger partial charge >= 0.3 is 0 Å². The molecule has 0 aliphatic carbocycles. The fourth-order valence-corrected chi connectivity index (χ4v) is 2.79. The van der Waals surface area contributed by atoms with Gasteiger partial charge in [-0.25, -0.2) is 0 Å². The molecule has 1 aromatic carbocycles. The summed E-state index contributed by atoms with van der Waals surface area (Å²) < 4.78 is 0. The number of hydrogen-bond donors (Lipinski definition) is 0. The van der Waals surface area contributed by atoms with Gasteiger partial charge in [-0.3, -0.25) is 0 Å². The van der Waals surface area contributed by atoms with E-state index in [-0.39, 0.29) is 0 Å². The van der Waals surface area contributed by atoms with E-state index < -0.39 is 0 Å². The highest BCUT2D eigenvalue weighted by Gasteiger charge is 2.14. The first-order chi connectivity index (χ1) is 7.86. The molecule has 88 valence electrons. The second-order valence-corrected chi connectivity index (χ2v) is 4.67. The molecule has 1 aromatic rings. The van der Waals surface area contributed by atoms with Crippen LogP contribution in [-0.2, 0) is 12.8 Å². The second kappa shape index (κ2) is 5.38. The summed E-state index contributed by atoms with van der Waals surface area (Å²) >= 11 is 0. The predicted molar refractivity (Wildman–Crippen MR) is 71.3 cm³/mol. The molecule has 1 aliphatic rings. The Morgan fingerprint density at radius 1 is 1.00 bits per heavy atom. The highest BCUT2D eigenvalue weighted by molar-refractivity contribution is 5.57. The third-order valence-corrected chi connectivity index (χ3v) is 3.68. The summed E-state index contributed by atoms with van der Waals surface area (Å²) in [5.74, 6) is 0. The maximum absolute atomic E-state index is 2.58. The summed E-state index contributed by atoms with van der Waals surface area (Å²) in [4.78, 5) is 2.58. The highest BCUT2D eigenvalue weighted by Crippen LogP contribution is 2.27. The molecule has 1 aliphatic heterocycles. The van der Waals surface area contributed by atoms with E-state index in [2.05, 4.69) is 36.9 Å². The molecule has 1 nitrogen and oxygen atoms in total.